The van der Waals surface area contributed by atoms with E-state index in [9.17, 15) is 9.18 Å². The van der Waals surface area contributed by atoms with Crippen molar-refractivity contribution in [1.29, 1.82) is 0 Å². The highest BCUT2D eigenvalue weighted by Crippen LogP contribution is 2.35. The molecule has 1 aliphatic heterocycles. The normalized spacial score (nSPS) is 14.8. The van der Waals surface area contributed by atoms with Gasteiger partial charge in [-0.15, -0.1) is 0 Å². The standard InChI is InChI=1S/C30H32FN3O2/c1-3-36-29-11-7-6-10-28(29)33-16-18-34(19-17-33)30(35)20-25(22-12-14-23(31)15-13-22)26-21-32(2)27-9-5-4-8-24(26)27/h4-15,21,25H,3,16-20H2,1-2H3. The summed E-state index contributed by atoms with van der Waals surface area (Å²) in [5.41, 5.74) is 4.24. The lowest BCUT2D eigenvalue weighted by Crippen LogP contribution is -2.49. The number of hydrogen-bond acceptors (Lipinski definition) is 3. The summed E-state index contributed by atoms with van der Waals surface area (Å²) >= 11 is 0. The fourth-order valence-electron chi connectivity index (χ4n) is 5.25. The molecule has 4 aromatic rings. The van der Waals surface area contributed by atoms with Crippen LogP contribution < -0.4 is 9.64 Å². The van der Waals surface area contributed by atoms with E-state index in [1.54, 1.807) is 12.1 Å². The van der Waals surface area contributed by atoms with Crippen molar-refractivity contribution in [3.8, 4) is 5.75 Å². The summed E-state index contributed by atoms with van der Waals surface area (Å²) in [5.74, 6) is 0.577. The molecular formula is C30H32FN3O2. The number of carbonyl (C=O) groups is 1. The van der Waals surface area contributed by atoms with Crippen LogP contribution in [0.1, 0.15) is 30.4 Å². The van der Waals surface area contributed by atoms with Gasteiger partial charge in [-0.1, -0.05) is 42.5 Å². The Balaban J connectivity index is 1.36. The average molecular weight is 486 g/mol. The molecule has 0 bridgehead atoms. The van der Waals surface area contributed by atoms with Gasteiger partial charge < -0.3 is 19.1 Å². The lowest BCUT2D eigenvalue weighted by Gasteiger charge is -2.37. The lowest BCUT2D eigenvalue weighted by molar-refractivity contribution is -0.131. The Morgan fingerprint density at radius 3 is 2.39 bits per heavy atom. The molecule has 0 radical (unpaired) electrons. The van der Waals surface area contributed by atoms with E-state index in [2.05, 4.69) is 33.9 Å². The Bertz CT molecular complexity index is 1340. The lowest BCUT2D eigenvalue weighted by atomic mass is 9.87. The number of ether oxygens (including phenoxy) is 1. The first kappa shape index (κ1) is 23.9. The minimum absolute atomic E-state index is 0.120. The molecule has 2 heterocycles. The Labute approximate surface area is 211 Å². The molecule has 1 aromatic heterocycles. The average Bonchev–Trinajstić information content (AvgIpc) is 3.24. The van der Waals surface area contributed by atoms with Gasteiger partial charge >= 0.3 is 0 Å². The van der Waals surface area contributed by atoms with Gasteiger partial charge in [-0.25, -0.2) is 4.39 Å². The molecule has 1 saturated heterocycles. The van der Waals surface area contributed by atoms with Crippen LogP contribution in [0, 0.1) is 5.82 Å². The Morgan fingerprint density at radius 1 is 0.944 bits per heavy atom. The zero-order valence-electron chi connectivity index (χ0n) is 20.9. The molecular weight excluding hydrogens is 453 g/mol. The maximum atomic E-state index is 13.7. The summed E-state index contributed by atoms with van der Waals surface area (Å²) in [6.45, 7) is 5.43. The molecule has 0 N–H and O–H groups in total. The summed E-state index contributed by atoms with van der Waals surface area (Å²) < 4.78 is 21.6. The van der Waals surface area contributed by atoms with E-state index in [0.717, 1.165) is 46.6 Å². The summed E-state index contributed by atoms with van der Waals surface area (Å²) in [6, 6.07) is 22.9. The second-order valence-electron chi connectivity index (χ2n) is 9.29. The first-order valence-electron chi connectivity index (χ1n) is 12.6. The summed E-state index contributed by atoms with van der Waals surface area (Å²) in [5, 5.41) is 1.12. The highest BCUT2D eigenvalue weighted by atomic mass is 19.1. The Hall–Kier alpha value is -3.80. The Morgan fingerprint density at radius 2 is 1.64 bits per heavy atom. The van der Waals surface area contributed by atoms with Gasteiger partial charge in [-0.2, -0.15) is 0 Å². The van der Waals surface area contributed by atoms with E-state index in [0.29, 0.717) is 26.1 Å². The van der Waals surface area contributed by atoms with E-state index in [1.807, 2.05) is 49.2 Å². The van der Waals surface area contributed by atoms with Gasteiger partial charge in [0.05, 0.1) is 12.3 Å². The number of rotatable bonds is 7. The van der Waals surface area contributed by atoms with Crippen LogP contribution in [0.2, 0.25) is 0 Å². The summed E-state index contributed by atoms with van der Waals surface area (Å²) in [4.78, 5) is 17.8. The van der Waals surface area contributed by atoms with Gasteiger partial charge in [0.2, 0.25) is 5.91 Å². The van der Waals surface area contributed by atoms with Crippen molar-refractivity contribution in [2.24, 2.45) is 7.05 Å². The monoisotopic (exact) mass is 485 g/mol. The van der Waals surface area contributed by atoms with Gasteiger partial charge in [0.25, 0.3) is 0 Å². The molecule has 36 heavy (non-hydrogen) atoms. The number of hydrogen-bond donors (Lipinski definition) is 0. The van der Waals surface area contributed by atoms with Crippen LogP contribution in [0.3, 0.4) is 0 Å². The minimum Gasteiger partial charge on any atom is -0.492 e. The maximum Gasteiger partial charge on any atom is 0.223 e. The van der Waals surface area contributed by atoms with Crippen molar-refractivity contribution in [2.75, 3.05) is 37.7 Å². The highest BCUT2D eigenvalue weighted by molar-refractivity contribution is 5.86. The number of aromatic nitrogens is 1. The van der Waals surface area contributed by atoms with E-state index < -0.39 is 0 Å². The predicted molar refractivity (Wildman–Crippen MR) is 142 cm³/mol. The fourth-order valence-corrected chi connectivity index (χ4v) is 5.25. The topological polar surface area (TPSA) is 37.7 Å². The zero-order chi connectivity index (χ0) is 25.1. The van der Waals surface area contributed by atoms with Crippen LogP contribution in [0.4, 0.5) is 10.1 Å². The molecule has 5 nitrogen and oxygen atoms in total. The predicted octanol–water partition coefficient (Wildman–Crippen LogP) is 5.59. The second kappa shape index (κ2) is 10.4. The quantitative estimate of drug-likeness (QED) is 0.343. The first-order chi connectivity index (χ1) is 17.5. The van der Waals surface area contributed by atoms with E-state index in [-0.39, 0.29) is 17.6 Å². The molecule has 6 heteroatoms. The summed E-state index contributed by atoms with van der Waals surface area (Å²) in [7, 11) is 2.02. The molecule has 1 fully saturated rings. The Kier molecular flexibility index (Phi) is 6.94. The third kappa shape index (κ3) is 4.81. The van der Waals surface area contributed by atoms with Crippen molar-refractivity contribution >= 4 is 22.5 Å². The van der Waals surface area contributed by atoms with Gasteiger partial charge in [-0.3, -0.25) is 4.79 Å². The van der Waals surface area contributed by atoms with Crippen molar-refractivity contribution in [3.05, 3.63) is 95.9 Å². The van der Waals surface area contributed by atoms with Crippen molar-refractivity contribution in [3.63, 3.8) is 0 Å². The first-order valence-corrected chi connectivity index (χ1v) is 12.6. The third-order valence-corrected chi connectivity index (χ3v) is 7.09. The second-order valence-corrected chi connectivity index (χ2v) is 9.29. The molecule has 1 atom stereocenters. The number of piperazine rings is 1. The molecule has 1 amide bonds. The van der Waals surface area contributed by atoms with E-state index in [1.165, 1.54) is 12.1 Å². The van der Waals surface area contributed by atoms with Gasteiger partial charge in [0.1, 0.15) is 11.6 Å². The van der Waals surface area contributed by atoms with Crippen LogP contribution in [0.5, 0.6) is 5.75 Å². The molecule has 5 rings (SSSR count). The number of halogens is 1. The number of aryl methyl sites for hydroxylation is 1. The molecule has 186 valence electrons. The van der Waals surface area contributed by atoms with Gasteiger partial charge in [0.15, 0.2) is 0 Å². The van der Waals surface area contributed by atoms with Gasteiger partial charge in [-0.05, 0) is 48.4 Å². The van der Waals surface area contributed by atoms with Crippen LogP contribution in [-0.2, 0) is 11.8 Å². The molecule has 0 aliphatic carbocycles. The van der Waals surface area contributed by atoms with Crippen LogP contribution in [0.25, 0.3) is 10.9 Å². The van der Waals surface area contributed by atoms with Crippen molar-refractivity contribution in [1.82, 2.24) is 9.47 Å². The molecule has 0 saturated carbocycles. The molecule has 0 spiro atoms. The number of para-hydroxylation sites is 3. The largest absolute Gasteiger partial charge is 0.492 e. The minimum atomic E-state index is -0.273. The molecule has 3 aromatic carbocycles. The smallest absolute Gasteiger partial charge is 0.223 e. The molecule has 1 aliphatic rings. The number of fused-ring (bicyclic) bond motifs is 1. The number of nitrogens with zero attached hydrogens (tertiary/aromatic N) is 3. The third-order valence-electron chi connectivity index (χ3n) is 7.09. The zero-order valence-corrected chi connectivity index (χ0v) is 20.9. The maximum absolute atomic E-state index is 13.7. The van der Waals surface area contributed by atoms with Crippen LogP contribution in [0.15, 0.2) is 79.0 Å². The van der Waals surface area contributed by atoms with Crippen molar-refractivity contribution in [2.45, 2.75) is 19.3 Å². The fraction of sp³-hybridized carbons (Fsp3) is 0.300. The van der Waals surface area contributed by atoms with E-state index in [4.69, 9.17) is 4.74 Å². The summed E-state index contributed by atoms with van der Waals surface area (Å²) in [6.07, 6.45) is 2.45. The highest BCUT2D eigenvalue weighted by Gasteiger charge is 2.28. The number of carbonyl (C=O) groups excluding carboxylic acids is 1. The number of anilines is 1. The number of amides is 1. The van der Waals surface area contributed by atoms with Crippen LogP contribution >= 0.6 is 0 Å². The van der Waals surface area contributed by atoms with Crippen LogP contribution in [-0.4, -0.2) is 48.2 Å². The molecule has 1 unspecified atom stereocenters. The van der Waals surface area contributed by atoms with Crippen molar-refractivity contribution < 1.29 is 13.9 Å². The SMILES string of the molecule is CCOc1ccccc1N1CCN(C(=O)CC(c2ccc(F)cc2)c2cn(C)c3ccccc23)CC1. The van der Waals surface area contributed by atoms with E-state index >= 15 is 0 Å². The number of benzene rings is 3. The van der Waals surface area contributed by atoms with Gasteiger partial charge in [0, 0.05) is 62.7 Å².